The normalized spacial score (nSPS) is 11.6. The number of benzene rings is 2. The highest BCUT2D eigenvalue weighted by molar-refractivity contribution is 9.10. The van der Waals surface area contributed by atoms with Gasteiger partial charge in [-0.05, 0) is 35.7 Å². The Morgan fingerprint density at radius 3 is 2.30 bits per heavy atom. The first-order valence-corrected chi connectivity index (χ1v) is 7.12. The van der Waals surface area contributed by atoms with Crippen molar-refractivity contribution in [2.24, 2.45) is 0 Å². The van der Waals surface area contributed by atoms with E-state index in [1.165, 1.54) is 6.07 Å². The van der Waals surface area contributed by atoms with E-state index in [4.69, 9.17) is 0 Å². The van der Waals surface area contributed by atoms with E-state index in [1.807, 2.05) is 24.3 Å². The Labute approximate surface area is 126 Å². The van der Waals surface area contributed by atoms with Crippen LogP contribution in [0.4, 0.5) is 4.39 Å². The van der Waals surface area contributed by atoms with Crippen molar-refractivity contribution in [1.29, 1.82) is 0 Å². The van der Waals surface area contributed by atoms with Crippen molar-refractivity contribution in [2.45, 2.75) is 11.8 Å². The summed E-state index contributed by atoms with van der Waals surface area (Å²) < 4.78 is 14.9. The summed E-state index contributed by atoms with van der Waals surface area (Å²) in [6, 6.07) is 13.8. The van der Waals surface area contributed by atoms with Crippen molar-refractivity contribution >= 4 is 15.9 Å². The van der Waals surface area contributed by atoms with Crippen molar-refractivity contribution in [3.8, 4) is 0 Å². The van der Waals surface area contributed by atoms with Gasteiger partial charge in [-0.1, -0.05) is 46.3 Å². The van der Waals surface area contributed by atoms with E-state index in [9.17, 15) is 14.6 Å². The number of halogens is 2. The Hall–Kier alpha value is -1.23. The molecule has 0 unspecified atom stereocenters. The van der Waals surface area contributed by atoms with E-state index in [0.29, 0.717) is 12.0 Å². The average Bonchev–Trinajstić information content (AvgIpc) is 2.46. The van der Waals surface area contributed by atoms with Gasteiger partial charge in [0.25, 0.3) is 0 Å². The quantitative estimate of drug-likeness (QED) is 0.879. The Kier molecular flexibility index (Phi) is 4.91. The number of hydrogen-bond donors (Lipinski definition) is 2. The van der Waals surface area contributed by atoms with Crippen molar-refractivity contribution in [1.82, 2.24) is 0 Å². The largest absolute Gasteiger partial charge is 0.395 e. The van der Waals surface area contributed by atoms with Crippen LogP contribution in [-0.2, 0) is 11.8 Å². The molecular weight excluding hydrogens is 323 g/mol. The molecule has 0 aromatic heterocycles. The van der Waals surface area contributed by atoms with E-state index >= 15 is 0 Å². The van der Waals surface area contributed by atoms with Crippen molar-refractivity contribution in [3.05, 3.63) is 69.9 Å². The topological polar surface area (TPSA) is 40.5 Å². The van der Waals surface area contributed by atoms with E-state index in [1.54, 1.807) is 18.2 Å². The third kappa shape index (κ3) is 3.08. The molecule has 0 saturated carbocycles. The second-order valence-corrected chi connectivity index (χ2v) is 5.80. The van der Waals surface area contributed by atoms with Gasteiger partial charge in [-0.25, -0.2) is 4.39 Å². The minimum Gasteiger partial charge on any atom is -0.395 e. The molecule has 2 rings (SSSR count). The number of aliphatic hydroxyl groups excluding tert-OH is 2. The molecule has 4 heteroatoms. The van der Waals surface area contributed by atoms with Gasteiger partial charge in [0, 0.05) is 9.89 Å². The minimum absolute atomic E-state index is 0.322. The lowest BCUT2D eigenvalue weighted by Crippen LogP contribution is -2.38. The summed E-state index contributed by atoms with van der Waals surface area (Å²) in [5.74, 6) is -0.411. The fourth-order valence-corrected chi connectivity index (χ4v) is 2.80. The van der Waals surface area contributed by atoms with Gasteiger partial charge in [-0.15, -0.1) is 0 Å². The van der Waals surface area contributed by atoms with E-state index < -0.39 is 11.2 Å². The molecule has 0 aliphatic heterocycles. The maximum Gasteiger partial charge on any atom is 0.127 e. The molecule has 20 heavy (non-hydrogen) atoms. The maximum atomic E-state index is 14.0. The summed E-state index contributed by atoms with van der Waals surface area (Å²) in [6.45, 7) is -0.645. The summed E-state index contributed by atoms with van der Waals surface area (Å²) in [5.41, 5.74) is 0.238. The molecule has 0 fully saturated rings. The summed E-state index contributed by atoms with van der Waals surface area (Å²) >= 11 is 3.39. The fourth-order valence-electron chi connectivity index (χ4n) is 2.36. The molecule has 2 nitrogen and oxygen atoms in total. The standard InChI is InChI=1S/C16H16BrFO2/c17-13-5-3-4-12(8-13)9-16(10-19,11-20)14-6-1-2-7-15(14)18/h1-8,19-20H,9-11H2. The van der Waals surface area contributed by atoms with Gasteiger partial charge in [0.2, 0.25) is 0 Å². The zero-order valence-electron chi connectivity index (χ0n) is 10.9. The van der Waals surface area contributed by atoms with Gasteiger partial charge in [0.15, 0.2) is 0 Å². The lowest BCUT2D eigenvalue weighted by molar-refractivity contribution is 0.113. The third-order valence-electron chi connectivity index (χ3n) is 3.48. The molecule has 0 aliphatic rings. The number of rotatable bonds is 5. The minimum atomic E-state index is -1.02. The van der Waals surface area contributed by atoms with Crippen molar-refractivity contribution in [3.63, 3.8) is 0 Å². The smallest absolute Gasteiger partial charge is 0.127 e. The molecule has 0 spiro atoms. The lowest BCUT2D eigenvalue weighted by Gasteiger charge is -2.31. The van der Waals surface area contributed by atoms with Gasteiger partial charge in [-0.2, -0.15) is 0 Å². The second kappa shape index (κ2) is 6.48. The maximum absolute atomic E-state index is 14.0. The Morgan fingerprint density at radius 1 is 1.00 bits per heavy atom. The van der Waals surface area contributed by atoms with Crippen LogP contribution in [-0.4, -0.2) is 23.4 Å². The van der Waals surface area contributed by atoms with E-state index in [-0.39, 0.29) is 13.2 Å². The zero-order valence-corrected chi connectivity index (χ0v) is 12.5. The van der Waals surface area contributed by atoms with Crippen LogP contribution in [0.15, 0.2) is 53.0 Å². The van der Waals surface area contributed by atoms with Gasteiger partial charge in [-0.3, -0.25) is 0 Å². The highest BCUT2D eigenvalue weighted by Crippen LogP contribution is 2.30. The summed E-state index contributed by atoms with van der Waals surface area (Å²) in [4.78, 5) is 0. The van der Waals surface area contributed by atoms with Gasteiger partial charge < -0.3 is 10.2 Å². The molecule has 0 saturated heterocycles. The molecule has 2 aromatic rings. The molecular formula is C16H16BrFO2. The summed E-state index contributed by atoms with van der Waals surface area (Å²) in [6.07, 6.45) is 0.361. The van der Waals surface area contributed by atoms with E-state index in [0.717, 1.165) is 10.0 Å². The van der Waals surface area contributed by atoms with Crippen molar-refractivity contribution < 1.29 is 14.6 Å². The van der Waals surface area contributed by atoms with Gasteiger partial charge >= 0.3 is 0 Å². The molecule has 0 amide bonds. The summed E-state index contributed by atoms with van der Waals surface area (Å²) in [5, 5.41) is 19.5. The fraction of sp³-hybridized carbons (Fsp3) is 0.250. The lowest BCUT2D eigenvalue weighted by atomic mass is 9.76. The molecule has 0 atom stereocenters. The van der Waals surface area contributed by atoms with Gasteiger partial charge in [0.05, 0.1) is 13.2 Å². The van der Waals surface area contributed by atoms with Crippen molar-refractivity contribution in [2.75, 3.05) is 13.2 Å². The SMILES string of the molecule is OCC(CO)(Cc1cccc(Br)c1)c1ccccc1F. The van der Waals surface area contributed by atoms with Gasteiger partial charge in [0.1, 0.15) is 5.82 Å². The molecule has 0 bridgehead atoms. The predicted molar refractivity (Wildman–Crippen MR) is 80.1 cm³/mol. The molecule has 2 aromatic carbocycles. The zero-order chi connectivity index (χ0) is 14.6. The summed E-state index contributed by atoms with van der Waals surface area (Å²) in [7, 11) is 0. The Morgan fingerprint density at radius 2 is 1.70 bits per heavy atom. The molecule has 106 valence electrons. The molecule has 2 N–H and O–H groups in total. The van der Waals surface area contributed by atoms with Crippen LogP contribution in [0.5, 0.6) is 0 Å². The molecule has 0 aliphatic carbocycles. The number of hydrogen-bond acceptors (Lipinski definition) is 2. The number of aliphatic hydroxyl groups is 2. The average molecular weight is 339 g/mol. The highest BCUT2D eigenvalue weighted by Gasteiger charge is 2.33. The van der Waals surface area contributed by atoms with Crippen LogP contribution in [0.1, 0.15) is 11.1 Å². The van der Waals surface area contributed by atoms with Crippen LogP contribution in [0.2, 0.25) is 0 Å². The first-order chi connectivity index (χ1) is 9.61. The second-order valence-electron chi connectivity index (χ2n) is 4.88. The van der Waals surface area contributed by atoms with Crippen LogP contribution in [0.25, 0.3) is 0 Å². The first kappa shape index (κ1) is 15.2. The monoisotopic (exact) mass is 338 g/mol. The molecule has 0 heterocycles. The molecule has 0 radical (unpaired) electrons. The first-order valence-electron chi connectivity index (χ1n) is 6.32. The third-order valence-corrected chi connectivity index (χ3v) is 3.98. The Bertz CT molecular complexity index is 582. The van der Waals surface area contributed by atoms with E-state index in [2.05, 4.69) is 15.9 Å². The van der Waals surface area contributed by atoms with Crippen LogP contribution < -0.4 is 0 Å². The van der Waals surface area contributed by atoms with Crippen LogP contribution in [0, 0.1) is 5.82 Å². The highest BCUT2D eigenvalue weighted by atomic mass is 79.9. The predicted octanol–water partition coefficient (Wildman–Crippen LogP) is 3.05. The van der Waals surface area contributed by atoms with Crippen LogP contribution >= 0.6 is 15.9 Å². The Balaban J connectivity index is 2.42. The van der Waals surface area contributed by atoms with Crippen LogP contribution in [0.3, 0.4) is 0 Å².